The summed E-state index contributed by atoms with van der Waals surface area (Å²) >= 11 is 0. The highest BCUT2D eigenvalue weighted by Crippen LogP contribution is 2.10. The molecular formula is C14H15ClN2. The van der Waals surface area contributed by atoms with E-state index in [1.165, 1.54) is 0 Å². The molecule has 0 saturated heterocycles. The maximum atomic E-state index is 5.68. The smallest absolute Gasteiger partial charge is 0.124 e. The van der Waals surface area contributed by atoms with E-state index in [1.807, 2.05) is 49.4 Å². The third-order valence-corrected chi connectivity index (χ3v) is 2.26. The van der Waals surface area contributed by atoms with Crippen LogP contribution in [0.25, 0.3) is 12.2 Å². The van der Waals surface area contributed by atoms with Crippen LogP contribution in [0.3, 0.4) is 0 Å². The minimum atomic E-state index is 0. The molecule has 3 heteroatoms. The van der Waals surface area contributed by atoms with E-state index in [1.54, 1.807) is 0 Å². The molecule has 17 heavy (non-hydrogen) atoms. The Balaban J connectivity index is 0.00000144. The van der Waals surface area contributed by atoms with Gasteiger partial charge in [-0.1, -0.05) is 36.4 Å². The van der Waals surface area contributed by atoms with Gasteiger partial charge < -0.3 is 5.73 Å². The number of nitrogens with zero attached hydrogens (tertiary/aromatic N) is 1. The topological polar surface area (TPSA) is 38.9 Å². The van der Waals surface area contributed by atoms with Crippen LogP contribution in [-0.4, -0.2) is 4.98 Å². The number of halogens is 1. The van der Waals surface area contributed by atoms with Gasteiger partial charge in [-0.05, 0) is 36.3 Å². The summed E-state index contributed by atoms with van der Waals surface area (Å²) in [6.07, 6.45) is 4.00. The zero-order valence-electron chi connectivity index (χ0n) is 9.63. The summed E-state index contributed by atoms with van der Waals surface area (Å²) in [5, 5.41) is 0. The molecule has 0 atom stereocenters. The lowest BCUT2D eigenvalue weighted by molar-refractivity contribution is 1.27. The van der Waals surface area contributed by atoms with Crippen molar-refractivity contribution < 1.29 is 0 Å². The molecule has 2 N–H and O–H groups in total. The molecule has 0 amide bonds. The second kappa shape index (κ2) is 6.06. The molecule has 2 aromatic rings. The average molecular weight is 247 g/mol. The van der Waals surface area contributed by atoms with Crippen molar-refractivity contribution >= 4 is 30.4 Å². The van der Waals surface area contributed by atoms with Gasteiger partial charge in [0.15, 0.2) is 0 Å². The van der Waals surface area contributed by atoms with E-state index in [0.29, 0.717) is 5.82 Å². The van der Waals surface area contributed by atoms with Crippen molar-refractivity contribution in [3.8, 4) is 0 Å². The number of anilines is 1. The summed E-state index contributed by atoms with van der Waals surface area (Å²) in [7, 11) is 0. The molecule has 0 spiro atoms. The van der Waals surface area contributed by atoms with Crippen LogP contribution in [0.1, 0.15) is 16.8 Å². The largest absolute Gasteiger partial charge is 0.384 e. The number of pyridine rings is 1. The second-order valence-electron chi connectivity index (χ2n) is 3.74. The van der Waals surface area contributed by atoms with Crippen molar-refractivity contribution in [2.24, 2.45) is 0 Å². The third kappa shape index (κ3) is 3.93. The van der Waals surface area contributed by atoms with Gasteiger partial charge in [0.05, 0.1) is 5.69 Å². The highest BCUT2D eigenvalue weighted by molar-refractivity contribution is 5.85. The van der Waals surface area contributed by atoms with E-state index in [4.69, 9.17) is 5.73 Å². The van der Waals surface area contributed by atoms with E-state index in [0.717, 1.165) is 16.8 Å². The van der Waals surface area contributed by atoms with Gasteiger partial charge in [-0.3, -0.25) is 0 Å². The summed E-state index contributed by atoms with van der Waals surface area (Å²) in [6.45, 7) is 2.01. The minimum Gasteiger partial charge on any atom is -0.384 e. The maximum absolute atomic E-state index is 5.68. The Hall–Kier alpha value is -1.80. The zero-order valence-corrected chi connectivity index (χ0v) is 10.4. The van der Waals surface area contributed by atoms with Gasteiger partial charge in [0, 0.05) is 0 Å². The molecule has 2 rings (SSSR count). The molecule has 2 nitrogen and oxygen atoms in total. The van der Waals surface area contributed by atoms with Gasteiger partial charge in [-0.15, -0.1) is 12.4 Å². The first-order valence-corrected chi connectivity index (χ1v) is 5.21. The Morgan fingerprint density at radius 2 is 1.76 bits per heavy atom. The van der Waals surface area contributed by atoms with Gasteiger partial charge in [-0.25, -0.2) is 4.98 Å². The van der Waals surface area contributed by atoms with Crippen LogP contribution in [-0.2, 0) is 0 Å². The fraction of sp³-hybridized carbons (Fsp3) is 0.0714. The fourth-order valence-electron chi connectivity index (χ4n) is 1.55. The van der Waals surface area contributed by atoms with Gasteiger partial charge in [0.1, 0.15) is 5.82 Å². The highest BCUT2D eigenvalue weighted by atomic mass is 35.5. The monoisotopic (exact) mass is 246 g/mol. The summed E-state index contributed by atoms with van der Waals surface area (Å²) in [5.74, 6) is 0.563. The number of benzene rings is 1. The minimum absolute atomic E-state index is 0. The normalized spacial score (nSPS) is 10.2. The average Bonchev–Trinajstić information content (AvgIpc) is 2.27. The standard InChI is InChI=1S/C14H14N2.ClH/c1-11-9-13(16-14(15)10-11)8-7-12-5-3-2-4-6-12;/h2-10H,1H3,(H2,15,16);1H. The van der Waals surface area contributed by atoms with E-state index in [-0.39, 0.29) is 12.4 Å². The van der Waals surface area contributed by atoms with E-state index in [2.05, 4.69) is 17.1 Å². The Morgan fingerprint density at radius 3 is 2.41 bits per heavy atom. The predicted octanol–water partition coefficient (Wildman–Crippen LogP) is 3.56. The fourth-order valence-corrected chi connectivity index (χ4v) is 1.55. The van der Waals surface area contributed by atoms with Crippen molar-refractivity contribution in [2.45, 2.75) is 6.92 Å². The summed E-state index contributed by atoms with van der Waals surface area (Å²) < 4.78 is 0. The first-order chi connectivity index (χ1) is 7.74. The van der Waals surface area contributed by atoms with Crippen LogP contribution < -0.4 is 5.73 Å². The number of aryl methyl sites for hydroxylation is 1. The SMILES string of the molecule is Cc1cc(N)nc(C=Cc2ccccc2)c1.Cl. The molecule has 1 heterocycles. The van der Waals surface area contributed by atoms with Crippen LogP contribution in [0, 0.1) is 6.92 Å². The molecule has 0 saturated carbocycles. The van der Waals surface area contributed by atoms with Crippen LogP contribution in [0.2, 0.25) is 0 Å². The van der Waals surface area contributed by atoms with E-state index in [9.17, 15) is 0 Å². The number of aromatic nitrogens is 1. The Morgan fingerprint density at radius 1 is 1.06 bits per heavy atom. The van der Waals surface area contributed by atoms with Gasteiger partial charge in [-0.2, -0.15) is 0 Å². The summed E-state index contributed by atoms with van der Waals surface area (Å²) in [4.78, 5) is 4.24. The highest BCUT2D eigenvalue weighted by Gasteiger charge is 1.93. The third-order valence-electron chi connectivity index (χ3n) is 2.26. The molecule has 1 aromatic heterocycles. The number of nitrogens with two attached hydrogens (primary N) is 1. The van der Waals surface area contributed by atoms with Crippen LogP contribution >= 0.6 is 12.4 Å². The Kier molecular flexibility index (Phi) is 4.73. The molecular weight excluding hydrogens is 232 g/mol. The lowest BCUT2D eigenvalue weighted by Crippen LogP contribution is -1.92. The molecule has 0 radical (unpaired) electrons. The van der Waals surface area contributed by atoms with Crippen molar-refractivity contribution in [2.75, 3.05) is 5.73 Å². The van der Waals surface area contributed by atoms with Gasteiger partial charge in [0.25, 0.3) is 0 Å². The first-order valence-electron chi connectivity index (χ1n) is 5.21. The van der Waals surface area contributed by atoms with Crippen molar-refractivity contribution in [3.05, 3.63) is 59.3 Å². The lowest BCUT2D eigenvalue weighted by atomic mass is 10.2. The maximum Gasteiger partial charge on any atom is 0.124 e. The Bertz CT molecular complexity index is 487. The van der Waals surface area contributed by atoms with Crippen LogP contribution in [0.5, 0.6) is 0 Å². The van der Waals surface area contributed by atoms with E-state index >= 15 is 0 Å². The van der Waals surface area contributed by atoms with Crippen molar-refractivity contribution in [1.29, 1.82) is 0 Å². The molecule has 0 aliphatic rings. The summed E-state index contributed by atoms with van der Waals surface area (Å²) in [5.41, 5.74) is 8.86. The predicted molar refractivity (Wildman–Crippen MR) is 76.0 cm³/mol. The van der Waals surface area contributed by atoms with Gasteiger partial charge in [0.2, 0.25) is 0 Å². The Labute approximate surface area is 108 Å². The molecule has 0 aliphatic carbocycles. The molecule has 0 unspecified atom stereocenters. The zero-order chi connectivity index (χ0) is 11.4. The van der Waals surface area contributed by atoms with Crippen LogP contribution in [0.15, 0.2) is 42.5 Å². The van der Waals surface area contributed by atoms with Crippen molar-refractivity contribution in [3.63, 3.8) is 0 Å². The number of hydrogen-bond donors (Lipinski definition) is 1. The first kappa shape index (κ1) is 13.3. The second-order valence-corrected chi connectivity index (χ2v) is 3.74. The molecule has 1 aromatic carbocycles. The molecule has 0 aliphatic heterocycles. The number of nitrogen functional groups attached to an aromatic ring is 1. The quantitative estimate of drug-likeness (QED) is 0.880. The lowest BCUT2D eigenvalue weighted by Gasteiger charge is -1.98. The molecule has 0 fully saturated rings. The molecule has 0 bridgehead atoms. The van der Waals surface area contributed by atoms with E-state index < -0.39 is 0 Å². The number of rotatable bonds is 2. The van der Waals surface area contributed by atoms with Crippen LogP contribution in [0.4, 0.5) is 5.82 Å². The van der Waals surface area contributed by atoms with Crippen molar-refractivity contribution in [1.82, 2.24) is 4.98 Å². The molecule has 88 valence electrons. The summed E-state index contributed by atoms with van der Waals surface area (Å²) in [6, 6.07) is 14.0. The van der Waals surface area contributed by atoms with Gasteiger partial charge >= 0.3 is 0 Å². The number of hydrogen-bond acceptors (Lipinski definition) is 2.